The van der Waals surface area contributed by atoms with E-state index >= 15 is 0 Å². The second-order valence-corrected chi connectivity index (χ2v) is 27.5. The van der Waals surface area contributed by atoms with Crippen LogP contribution in [0.3, 0.4) is 0 Å². The molecule has 0 fully saturated rings. The van der Waals surface area contributed by atoms with Gasteiger partial charge < -0.3 is 29.3 Å². The number of aromatic nitrogens is 6. The molecule has 0 unspecified atom stereocenters. The van der Waals surface area contributed by atoms with Crippen LogP contribution in [0.1, 0.15) is 160 Å². The van der Waals surface area contributed by atoms with Crippen LogP contribution in [0, 0.1) is 41.5 Å². The molecular formula is C80H77N7O4. The van der Waals surface area contributed by atoms with Crippen molar-refractivity contribution in [3.8, 4) is 56.0 Å². The summed E-state index contributed by atoms with van der Waals surface area (Å²) < 4.78 is 15.0. The van der Waals surface area contributed by atoms with E-state index in [0.717, 1.165) is 145 Å². The molecule has 3 aliphatic rings. The number of fused-ring (bicyclic) bond motifs is 10. The first-order chi connectivity index (χ1) is 43.3. The van der Waals surface area contributed by atoms with E-state index in [1.54, 1.807) is 12.5 Å². The van der Waals surface area contributed by atoms with Gasteiger partial charge in [-0.25, -0.2) is 19.7 Å². The zero-order valence-electron chi connectivity index (χ0n) is 54.7. The highest BCUT2D eigenvalue weighted by Crippen LogP contribution is 2.56. The number of H-pyrrole nitrogens is 2. The Kier molecular flexibility index (Phi) is 14.7. The normalized spacial score (nSPS) is 13.2. The number of para-hydroxylation sites is 1. The van der Waals surface area contributed by atoms with Crippen LogP contribution in [0.2, 0.25) is 0 Å². The number of imidazole rings is 1. The summed E-state index contributed by atoms with van der Waals surface area (Å²) in [4.78, 5) is 52.5. The molecule has 0 saturated carbocycles. The Morgan fingerprint density at radius 3 is 1.57 bits per heavy atom. The van der Waals surface area contributed by atoms with Gasteiger partial charge in [0.25, 0.3) is 5.91 Å². The number of hydrogen-bond donors (Lipinski definition) is 3. The minimum absolute atomic E-state index is 0.234. The van der Waals surface area contributed by atoms with E-state index in [1.807, 2.05) is 59.3 Å². The summed E-state index contributed by atoms with van der Waals surface area (Å²) in [5.41, 5.74) is 25.6. The molecule has 456 valence electrons. The van der Waals surface area contributed by atoms with Crippen molar-refractivity contribution in [2.24, 2.45) is 0 Å². The van der Waals surface area contributed by atoms with Crippen molar-refractivity contribution in [2.75, 3.05) is 12.4 Å². The van der Waals surface area contributed by atoms with Crippen molar-refractivity contribution >= 4 is 63.9 Å². The first kappa shape index (κ1) is 59.8. The minimum Gasteiger partial charge on any atom is -0.465 e. The Hall–Kier alpha value is -10.1. The Morgan fingerprint density at radius 2 is 1.05 bits per heavy atom. The van der Waals surface area contributed by atoms with E-state index in [0.29, 0.717) is 40.6 Å². The van der Waals surface area contributed by atoms with Crippen LogP contribution in [0.5, 0.6) is 11.5 Å². The standard InChI is InChI=1S/C80H77N7O4/c1-44-33-46(3)68(47(4)34-44)72-64-27-23-60(82-64)70(54-21-16-17-22-59(54)86-76(88)51-20-18-19-50(37-51)42-87-32-31-81-43-87)61-24-28-65(83-61)73(69-48(5)35-45(2)36-49(69)6)67-30-26-63(85-67)71(62-25-29-66(72)84-62)55-38-52(78(7,8)9)40-57-74(55)91-75-56(77(89)90-15)39-53(79(10,11)12)41-58(75)80(57,13)14/h16-41,43,82,85H,42H2,1-15H3,(H,86,88). The average molecular weight is 1200 g/mol. The Balaban J connectivity index is 1.14. The summed E-state index contributed by atoms with van der Waals surface area (Å²) in [6, 6.07) is 41.9. The molecule has 91 heavy (non-hydrogen) atoms. The SMILES string of the molecule is COC(=O)c1cc(C(C)(C)C)cc2c1Oc1c(-c3c4nc(c(-c5c(C)cc(C)cc5C)c5ccc([nH]5)c(-c5ccccc5NC(=O)c5cccc(Cn6ccnc6)c5)c5nc(c(-c6c(C)cc(C)cc6C)c6ccc3[nH]6)C=C5)C=C4)cc(C(C)(C)C)cc1C2(C)C. The molecule has 13 rings (SSSR count). The molecule has 3 N–H and O–H groups in total. The van der Waals surface area contributed by atoms with E-state index in [2.05, 4.69) is 214 Å². The summed E-state index contributed by atoms with van der Waals surface area (Å²) in [5.74, 6) is 0.426. The van der Waals surface area contributed by atoms with Gasteiger partial charge in [-0.3, -0.25) is 4.79 Å². The second-order valence-electron chi connectivity index (χ2n) is 27.5. The van der Waals surface area contributed by atoms with Gasteiger partial charge in [0.1, 0.15) is 17.1 Å². The molecule has 0 atom stereocenters. The van der Waals surface area contributed by atoms with E-state index < -0.39 is 11.4 Å². The van der Waals surface area contributed by atoms with E-state index in [4.69, 9.17) is 19.4 Å². The van der Waals surface area contributed by atoms with Crippen LogP contribution in [-0.4, -0.2) is 48.5 Å². The minimum atomic E-state index is -0.655. The summed E-state index contributed by atoms with van der Waals surface area (Å²) in [5, 5.41) is 3.34. The van der Waals surface area contributed by atoms with Crippen molar-refractivity contribution in [3.63, 3.8) is 0 Å². The molecule has 11 heteroatoms. The third-order valence-electron chi connectivity index (χ3n) is 18.3. The van der Waals surface area contributed by atoms with Crippen molar-refractivity contribution in [1.82, 2.24) is 29.5 Å². The number of anilines is 1. The van der Waals surface area contributed by atoms with Gasteiger partial charge in [-0.05, 0) is 181 Å². The summed E-state index contributed by atoms with van der Waals surface area (Å²) >= 11 is 0. The van der Waals surface area contributed by atoms with Crippen LogP contribution in [0.25, 0.3) is 90.9 Å². The fraction of sp³-hybridized carbons (Fsp3) is 0.237. The number of methoxy groups -OCH3 is 1. The molecular weight excluding hydrogens is 1120 g/mol. The lowest BCUT2D eigenvalue weighted by Gasteiger charge is -2.39. The van der Waals surface area contributed by atoms with Crippen LogP contribution in [0.4, 0.5) is 5.69 Å². The number of hydrogen-bond acceptors (Lipinski definition) is 7. The summed E-state index contributed by atoms with van der Waals surface area (Å²) in [6.07, 6.45) is 13.9. The van der Waals surface area contributed by atoms with Gasteiger partial charge in [-0.1, -0.05) is 133 Å². The number of aromatic amines is 2. The van der Waals surface area contributed by atoms with Gasteiger partial charge in [-0.2, -0.15) is 0 Å². The summed E-state index contributed by atoms with van der Waals surface area (Å²) in [7, 11) is 1.43. The number of nitrogens with one attached hydrogen (secondary N) is 3. The average Bonchev–Trinajstić information content (AvgIpc) is 0.978. The molecule has 0 radical (unpaired) electrons. The Labute approximate surface area is 533 Å². The highest BCUT2D eigenvalue weighted by molar-refractivity contribution is 6.09. The summed E-state index contributed by atoms with van der Waals surface area (Å²) in [6.45, 7) is 31.3. The predicted molar refractivity (Wildman–Crippen MR) is 372 cm³/mol. The number of amides is 1. The van der Waals surface area contributed by atoms with E-state index in [-0.39, 0.29) is 16.7 Å². The molecule has 8 bridgehead atoms. The molecule has 3 aliphatic heterocycles. The molecule has 6 aromatic carbocycles. The fourth-order valence-corrected chi connectivity index (χ4v) is 13.8. The predicted octanol–water partition coefficient (Wildman–Crippen LogP) is 19.5. The number of aryl methyl sites for hydroxylation is 6. The van der Waals surface area contributed by atoms with Crippen molar-refractivity contribution in [1.29, 1.82) is 0 Å². The van der Waals surface area contributed by atoms with Crippen LogP contribution in [-0.2, 0) is 27.5 Å². The lowest BCUT2D eigenvalue weighted by atomic mass is 9.70. The third kappa shape index (κ3) is 10.8. The number of ether oxygens (including phenoxy) is 2. The first-order valence-electron chi connectivity index (χ1n) is 31.3. The van der Waals surface area contributed by atoms with Crippen LogP contribution in [0.15, 0.2) is 140 Å². The van der Waals surface area contributed by atoms with Crippen molar-refractivity contribution in [2.45, 2.75) is 120 Å². The van der Waals surface area contributed by atoms with Gasteiger partial charge in [0, 0.05) is 102 Å². The Morgan fingerprint density at radius 1 is 0.560 bits per heavy atom. The van der Waals surface area contributed by atoms with Crippen LogP contribution >= 0.6 is 0 Å². The van der Waals surface area contributed by atoms with Gasteiger partial charge in [0.15, 0.2) is 0 Å². The number of benzene rings is 6. The smallest absolute Gasteiger partial charge is 0.341 e. The molecule has 7 heterocycles. The number of nitrogens with zero attached hydrogens (tertiary/aromatic N) is 4. The van der Waals surface area contributed by atoms with Crippen molar-refractivity contribution in [3.05, 3.63) is 235 Å². The molecule has 0 saturated heterocycles. The maximum atomic E-state index is 14.6. The molecule has 0 spiro atoms. The third-order valence-corrected chi connectivity index (χ3v) is 18.3. The molecule has 0 aliphatic carbocycles. The monoisotopic (exact) mass is 1200 g/mol. The molecule has 11 nitrogen and oxygen atoms in total. The molecule has 10 aromatic rings. The van der Waals surface area contributed by atoms with Gasteiger partial charge >= 0.3 is 5.97 Å². The molecule has 1 amide bonds. The van der Waals surface area contributed by atoms with Gasteiger partial charge in [-0.15, -0.1) is 0 Å². The maximum Gasteiger partial charge on any atom is 0.341 e. The van der Waals surface area contributed by atoms with Crippen molar-refractivity contribution < 1.29 is 19.1 Å². The topological polar surface area (TPSA) is 140 Å². The number of carbonyl (C=O) groups excluding carboxylic acids is 2. The van der Waals surface area contributed by atoms with Gasteiger partial charge in [0.2, 0.25) is 0 Å². The quantitative estimate of drug-likeness (QED) is 0.122. The van der Waals surface area contributed by atoms with Gasteiger partial charge in [0.05, 0.1) is 36.2 Å². The molecule has 4 aromatic heterocycles. The Bertz CT molecular complexity index is 4830. The van der Waals surface area contributed by atoms with E-state index in [9.17, 15) is 9.59 Å². The van der Waals surface area contributed by atoms with Crippen LogP contribution < -0.4 is 10.1 Å². The zero-order chi connectivity index (χ0) is 64.2. The highest BCUT2D eigenvalue weighted by Gasteiger charge is 2.41. The maximum absolute atomic E-state index is 14.6. The number of carbonyl (C=O) groups is 2. The highest BCUT2D eigenvalue weighted by atomic mass is 16.5. The number of esters is 1. The second kappa shape index (κ2) is 22.4. The van der Waals surface area contributed by atoms with E-state index in [1.165, 1.54) is 7.11 Å². The first-order valence-corrected chi connectivity index (χ1v) is 31.3. The lowest BCUT2D eigenvalue weighted by Crippen LogP contribution is -2.28. The largest absolute Gasteiger partial charge is 0.465 e. The lowest BCUT2D eigenvalue weighted by molar-refractivity contribution is 0.0597. The number of rotatable bonds is 9. The fourth-order valence-electron chi connectivity index (χ4n) is 13.8. The zero-order valence-corrected chi connectivity index (χ0v) is 54.7.